The first-order valence-electron chi connectivity index (χ1n) is 3.61. The molecule has 0 amide bonds. The zero-order valence-corrected chi connectivity index (χ0v) is 11.0. The topological polar surface area (TPSA) is 26.3 Å². The average molecular weight is 355 g/mol. The maximum Gasteiger partial charge on any atom is 0.162 e. The minimum atomic E-state index is 0.0372. The quantitative estimate of drug-likeness (QED) is 0.602. The van der Waals surface area contributed by atoms with E-state index < -0.39 is 0 Å². The average Bonchev–Trinajstić information content (AvgIpc) is 2.04. The lowest BCUT2D eigenvalue weighted by molar-refractivity contribution is 0.101. The normalized spacial score (nSPS) is 9.85. The molecule has 0 saturated carbocycles. The van der Waals surface area contributed by atoms with E-state index in [1.54, 1.807) is 14.0 Å². The molecule has 1 rings (SSSR count). The fraction of sp³-hybridized carbons (Fsp3) is 0.222. The number of carbonyl (C=O) groups is 1. The Bertz CT molecular complexity index is 350. The number of halogens is 2. The molecule has 0 unspecified atom stereocenters. The van der Waals surface area contributed by atoms with E-state index in [0.717, 1.165) is 8.04 Å². The first-order valence-corrected chi connectivity index (χ1v) is 5.48. The van der Waals surface area contributed by atoms with Crippen molar-refractivity contribution < 1.29 is 9.53 Å². The number of methoxy groups -OCH3 is 1. The monoisotopic (exact) mass is 354 g/mol. The fourth-order valence-electron chi connectivity index (χ4n) is 1.01. The molecule has 0 aliphatic carbocycles. The molecule has 0 atom stereocenters. The summed E-state index contributed by atoms with van der Waals surface area (Å²) in [5, 5.41) is 0. The molecule has 70 valence electrons. The highest BCUT2D eigenvalue weighted by atomic mass is 127. The lowest BCUT2D eigenvalue weighted by Gasteiger charge is -2.08. The summed E-state index contributed by atoms with van der Waals surface area (Å²) in [6.45, 7) is 1.54. The van der Waals surface area contributed by atoms with Gasteiger partial charge in [-0.15, -0.1) is 0 Å². The molecule has 2 nitrogen and oxygen atoms in total. The van der Waals surface area contributed by atoms with Gasteiger partial charge in [0.05, 0.1) is 11.6 Å². The van der Waals surface area contributed by atoms with Crippen LogP contribution in [-0.2, 0) is 0 Å². The third kappa shape index (κ3) is 2.22. The molecule has 0 radical (unpaired) electrons. The minimum Gasteiger partial charge on any atom is -0.496 e. The van der Waals surface area contributed by atoms with Gasteiger partial charge in [-0.2, -0.15) is 0 Å². The Morgan fingerprint density at radius 3 is 2.62 bits per heavy atom. The van der Waals surface area contributed by atoms with E-state index in [2.05, 4.69) is 38.5 Å². The van der Waals surface area contributed by atoms with Crippen LogP contribution in [0.25, 0.3) is 0 Å². The number of hydrogen-bond donors (Lipinski definition) is 0. The number of ether oxygens (including phenoxy) is 1. The standard InChI is InChI=1S/C9H8BrIO2/c1-5(12)8-6(11)3-4-7(13-2)9(8)10/h3-4H,1-2H3. The zero-order valence-electron chi connectivity index (χ0n) is 7.23. The summed E-state index contributed by atoms with van der Waals surface area (Å²) < 4.78 is 6.75. The largest absolute Gasteiger partial charge is 0.496 e. The third-order valence-corrected chi connectivity index (χ3v) is 3.31. The van der Waals surface area contributed by atoms with Crippen molar-refractivity contribution in [2.75, 3.05) is 7.11 Å². The second-order valence-electron chi connectivity index (χ2n) is 2.49. The zero-order chi connectivity index (χ0) is 10.0. The van der Waals surface area contributed by atoms with E-state index in [-0.39, 0.29) is 5.78 Å². The van der Waals surface area contributed by atoms with Crippen LogP contribution in [0.5, 0.6) is 5.75 Å². The summed E-state index contributed by atoms with van der Waals surface area (Å²) in [6, 6.07) is 3.69. The molecule has 0 aromatic heterocycles. The van der Waals surface area contributed by atoms with Crippen LogP contribution in [0.1, 0.15) is 17.3 Å². The Morgan fingerprint density at radius 1 is 1.54 bits per heavy atom. The van der Waals surface area contributed by atoms with Crippen LogP contribution in [0.2, 0.25) is 0 Å². The summed E-state index contributed by atoms with van der Waals surface area (Å²) in [5.41, 5.74) is 0.681. The predicted octanol–water partition coefficient (Wildman–Crippen LogP) is 3.26. The molecule has 0 aliphatic rings. The van der Waals surface area contributed by atoms with Crippen LogP contribution < -0.4 is 4.74 Å². The van der Waals surface area contributed by atoms with Gasteiger partial charge in [-0.1, -0.05) is 0 Å². The molecule has 0 heterocycles. The minimum absolute atomic E-state index is 0.0372. The molecule has 0 N–H and O–H groups in total. The van der Waals surface area contributed by atoms with Gasteiger partial charge in [-0.3, -0.25) is 4.79 Å². The summed E-state index contributed by atoms with van der Waals surface area (Å²) in [4.78, 5) is 11.3. The lowest BCUT2D eigenvalue weighted by atomic mass is 10.1. The second-order valence-corrected chi connectivity index (χ2v) is 4.45. The SMILES string of the molecule is COc1ccc(I)c(C(C)=O)c1Br. The Hall–Kier alpha value is -0.100. The highest BCUT2D eigenvalue weighted by Crippen LogP contribution is 2.31. The first kappa shape index (κ1) is 11.0. The van der Waals surface area contributed by atoms with Crippen molar-refractivity contribution in [1.82, 2.24) is 0 Å². The van der Waals surface area contributed by atoms with Crippen molar-refractivity contribution in [3.63, 3.8) is 0 Å². The van der Waals surface area contributed by atoms with Crippen LogP contribution >= 0.6 is 38.5 Å². The molecule has 1 aromatic carbocycles. The maximum absolute atomic E-state index is 11.3. The third-order valence-electron chi connectivity index (χ3n) is 1.63. The molecule has 0 aliphatic heterocycles. The van der Waals surface area contributed by atoms with Crippen molar-refractivity contribution in [2.45, 2.75) is 6.92 Å². The molecule has 0 bridgehead atoms. The Kier molecular flexibility index (Phi) is 3.73. The van der Waals surface area contributed by atoms with E-state index in [4.69, 9.17) is 4.74 Å². The molecule has 13 heavy (non-hydrogen) atoms. The molecule has 0 fully saturated rings. The number of rotatable bonds is 2. The van der Waals surface area contributed by atoms with Crippen molar-refractivity contribution in [3.8, 4) is 5.75 Å². The molecular formula is C9H8BrIO2. The van der Waals surface area contributed by atoms with E-state index in [1.165, 1.54) is 0 Å². The van der Waals surface area contributed by atoms with Crippen LogP contribution in [0.15, 0.2) is 16.6 Å². The van der Waals surface area contributed by atoms with Gasteiger partial charge in [0, 0.05) is 9.13 Å². The van der Waals surface area contributed by atoms with Gasteiger partial charge >= 0.3 is 0 Å². The molecule has 4 heteroatoms. The lowest BCUT2D eigenvalue weighted by Crippen LogP contribution is -1.99. The van der Waals surface area contributed by atoms with Gasteiger partial charge in [0.1, 0.15) is 5.75 Å². The Labute approximate surface area is 98.9 Å². The van der Waals surface area contributed by atoms with Crippen molar-refractivity contribution in [2.24, 2.45) is 0 Å². The van der Waals surface area contributed by atoms with Crippen molar-refractivity contribution in [1.29, 1.82) is 0 Å². The molecule has 0 spiro atoms. The summed E-state index contributed by atoms with van der Waals surface area (Å²) in [7, 11) is 1.58. The summed E-state index contributed by atoms with van der Waals surface area (Å²) >= 11 is 5.47. The number of benzene rings is 1. The van der Waals surface area contributed by atoms with Gasteiger partial charge in [0.25, 0.3) is 0 Å². The Morgan fingerprint density at radius 2 is 2.15 bits per heavy atom. The van der Waals surface area contributed by atoms with E-state index >= 15 is 0 Å². The fourth-order valence-corrected chi connectivity index (χ4v) is 3.00. The van der Waals surface area contributed by atoms with Gasteiger partial charge in [-0.05, 0) is 57.6 Å². The van der Waals surface area contributed by atoms with Crippen molar-refractivity contribution >= 4 is 44.3 Å². The van der Waals surface area contributed by atoms with Gasteiger partial charge < -0.3 is 4.74 Å². The maximum atomic E-state index is 11.3. The second kappa shape index (κ2) is 4.41. The number of ketones is 1. The summed E-state index contributed by atoms with van der Waals surface area (Å²) in [6.07, 6.45) is 0. The van der Waals surface area contributed by atoms with Crippen LogP contribution in [0.3, 0.4) is 0 Å². The summed E-state index contributed by atoms with van der Waals surface area (Å²) in [5.74, 6) is 0.723. The van der Waals surface area contributed by atoms with Crippen LogP contribution in [0, 0.1) is 3.57 Å². The number of carbonyl (C=O) groups excluding carboxylic acids is 1. The highest BCUT2D eigenvalue weighted by molar-refractivity contribution is 14.1. The predicted molar refractivity (Wildman–Crippen MR) is 63.4 cm³/mol. The smallest absolute Gasteiger partial charge is 0.162 e. The highest BCUT2D eigenvalue weighted by Gasteiger charge is 2.13. The van der Waals surface area contributed by atoms with Crippen LogP contribution in [-0.4, -0.2) is 12.9 Å². The van der Waals surface area contributed by atoms with E-state index in [1.807, 2.05) is 12.1 Å². The van der Waals surface area contributed by atoms with E-state index in [9.17, 15) is 4.79 Å². The van der Waals surface area contributed by atoms with Crippen LogP contribution in [0.4, 0.5) is 0 Å². The number of hydrogen-bond acceptors (Lipinski definition) is 2. The molecule has 1 aromatic rings. The molecular weight excluding hydrogens is 347 g/mol. The van der Waals surface area contributed by atoms with Gasteiger partial charge in [-0.25, -0.2) is 0 Å². The number of Topliss-reactive ketones (excluding diaryl/α,β-unsaturated/α-hetero) is 1. The first-order chi connectivity index (χ1) is 6.07. The van der Waals surface area contributed by atoms with Gasteiger partial charge in [0.2, 0.25) is 0 Å². The molecule has 0 saturated heterocycles. The van der Waals surface area contributed by atoms with E-state index in [0.29, 0.717) is 11.3 Å². The Balaban J connectivity index is 3.38. The van der Waals surface area contributed by atoms with Crippen molar-refractivity contribution in [3.05, 3.63) is 25.7 Å². The van der Waals surface area contributed by atoms with Gasteiger partial charge in [0.15, 0.2) is 5.78 Å².